The normalized spacial score (nSPS) is 20.6. The average molecular weight is 459 g/mol. The van der Waals surface area contributed by atoms with Crippen LogP contribution < -0.4 is 0 Å². The number of imide groups is 1. The van der Waals surface area contributed by atoms with Crippen LogP contribution in [-0.4, -0.2) is 37.9 Å². The zero-order valence-corrected chi connectivity index (χ0v) is 20.0. The number of hydrogen-bond donors (Lipinski definition) is 0. The van der Waals surface area contributed by atoms with Gasteiger partial charge >= 0.3 is 6.03 Å². The molecular weight excluding hydrogens is 428 g/mol. The number of urea groups is 1. The molecule has 176 valence electrons. The standard InChI is InChI=1S/C27H30N4O3/c1-17-8-11-20(12-9-17)15-31-26(32)22-6-4-5-7-23(22)30(27(31)33)16-24-28-25(29-34-24)21-13-10-18(2)19(3)14-21/h8-14,22-23H,4-7,15-16H2,1-3H3. The summed E-state index contributed by atoms with van der Waals surface area (Å²) in [7, 11) is 0. The second-order valence-electron chi connectivity index (χ2n) is 9.59. The SMILES string of the molecule is Cc1ccc(CN2C(=O)C3CCCCC3N(Cc3nc(-c4ccc(C)c(C)c4)no3)C2=O)cc1. The molecule has 0 spiro atoms. The predicted molar refractivity (Wildman–Crippen MR) is 128 cm³/mol. The summed E-state index contributed by atoms with van der Waals surface area (Å²) in [4.78, 5) is 34.6. The van der Waals surface area contributed by atoms with E-state index in [-0.39, 0.29) is 37.0 Å². The first kappa shape index (κ1) is 22.3. The summed E-state index contributed by atoms with van der Waals surface area (Å²) >= 11 is 0. The maximum Gasteiger partial charge on any atom is 0.327 e. The first-order chi connectivity index (χ1) is 16.4. The van der Waals surface area contributed by atoms with Crippen molar-refractivity contribution in [2.24, 2.45) is 5.92 Å². The largest absolute Gasteiger partial charge is 0.337 e. The highest BCUT2D eigenvalue weighted by Crippen LogP contribution is 2.36. The van der Waals surface area contributed by atoms with Gasteiger partial charge in [0.05, 0.1) is 12.5 Å². The lowest BCUT2D eigenvalue weighted by molar-refractivity contribution is -0.141. The number of aromatic nitrogens is 2. The molecule has 2 aliphatic rings. The van der Waals surface area contributed by atoms with E-state index in [1.54, 1.807) is 4.90 Å². The molecule has 1 saturated heterocycles. The fraction of sp³-hybridized carbons (Fsp3) is 0.407. The van der Waals surface area contributed by atoms with Gasteiger partial charge in [-0.05, 0) is 56.4 Å². The van der Waals surface area contributed by atoms with Gasteiger partial charge in [-0.15, -0.1) is 0 Å². The Hall–Kier alpha value is -3.48. The van der Waals surface area contributed by atoms with Gasteiger partial charge in [0, 0.05) is 11.6 Å². The van der Waals surface area contributed by atoms with Gasteiger partial charge in [0.2, 0.25) is 17.6 Å². The van der Waals surface area contributed by atoms with Crippen molar-refractivity contribution in [2.45, 2.75) is 65.6 Å². The lowest BCUT2D eigenvalue weighted by atomic mass is 9.81. The van der Waals surface area contributed by atoms with Crippen molar-refractivity contribution in [1.82, 2.24) is 19.9 Å². The summed E-state index contributed by atoms with van der Waals surface area (Å²) in [5.74, 6) is 0.651. The van der Waals surface area contributed by atoms with E-state index in [1.807, 2.05) is 49.4 Å². The number of nitrogens with zero attached hydrogens (tertiary/aromatic N) is 4. The third-order valence-corrected chi connectivity index (χ3v) is 7.19. The molecule has 1 aliphatic heterocycles. The van der Waals surface area contributed by atoms with Gasteiger partial charge in [0.15, 0.2) is 0 Å². The Balaban J connectivity index is 1.40. The van der Waals surface area contributed by atoms with Crippen LogP contribution in [0.3, 0.4) is 0 Å². The monoisotopic (exact) mass is 458 g/mol. The predicted octanol–water partition coefficient (Wildman–Crippen LogP) is 5.19. The van der Waals surface area contributed by atoms with Gasteiger partial charge in [-0.25, -0.2) is 4.79 Å². The topological polar surface area (TPSA) is 79.5 Å². The van der Waals surface area contributed by atoms with E-state index in [0.717, 1.165) is 47.9 Å². The van der Waals surface area contributed by atoms with Crippen molar-refractivity contribution in [2.75, 3.05) is 0 Å². The highest BCUT2D eigenvalue weighted by atomic mass is 16.5. The van der Waals surface area contributed by atoms with Crippen LogP contribution in [0.1, 0.15) is 53.8 Å². The highest BCUT2D eigenvalue weighted by molar-refractivity contribution is 5.98. The van der Waals surface area contributed by atoms with Crippen LogP contribution in [-0.2, 0) is 17.9 Å². The summed E-state index contributed by atoms with van der Waals surface area (Å²) in [5, 5.41) is 4.16. The Morgan fingerprint density at radius 1 is 0.941 bits per heavy atom. The van der Waals surface area contributed by atoms with Crippen LogP contribution in [0.4, 0.5) is 4.79 Å². The molecular formula is C27H30N4O3. The lowest BCUT2D eigenvalue weighted by Crippen LogP contribution is -2.61. The van der Waals surface area contributed by atoms with Crippen molar-refractivity contribution in [3.63, 3.8) is 0 Å². The molecule has 1 saturated carbocycles. The van der Waals surface area contributed by atoms with E-state index >= 15 is 0 Å². The Morgan fingerprint density at radius 3 is 2.47 bits per heavy atom. The minimum Gasteiger partial charge on any atom is -0.337 e. The van der Waals surface area contributed by atoms with Gasteiger partial charge in [-0.1, -0.05) is 60.0 Å². The Bertz CT molecular complexity index is 1220. The molecule has 2 unspecified atom stereocenters. The minimum absolute atomic E-state index is 0.0622. The highest BCUT2D eigenvalue weighted by Gasteiger charge is 2.47. The number of amides is 3. The van der Waals surface area contributed by atoms with Crippen molar-refractivity contribution in [3.05, 3.63) is 70.6 Å². The smallest absolute Gasteiger partial charge is 0.327 e. The summed E-state index contributed by atoms with van der Waals surface area (Å²) in [5.41, 5.74) is 5.33. The fourth-order valence-corrected chi connectivity index (χ4v) is 5.03. The average Bonchev–Trinajstić information content (AvgIpc) is 3.31. The Kier molecular flexibility index (Phi) is 5.94. The molecule has 3 aromatic rings. The van der Waals surface area contributed by atoms with Crippen molar-refractivity contribution < 1.29 is 14.1 Å². The maximum atomic E-state index is 13.6. The fourth-order valence-electron chi connectivity index (χ4n) is 5.03. The van der Waals surface area contributed by atoms with Gasteiger partial charge in [0.1, 0.15) is 6.54 Å². The zero-order chi connectivity index (χ0) is 23.8. The Morgan fingerprint density at radius 2 is 1.71 bits per heavy atom. The molecule has 0 N–H and O–H groups in total. The molecule has 7 nitrogen and oxygen atoms in total. The summed E-state index contributed by atoms with van der Waals surface area (Å²) in [6.07, 6.45) is 3.63. The van der Waals surface area contributed by atoms with Crippen LogP contribution in [0.15, 0.2) is 47.0 Å². The zero-order valence-electron chi connectivity index (χ0n) is 20.0. The van der Waals surface area contributed by atoms with E-state index in [1.165, 1.54) is 10.5 Å². The lowest BCUT2D eigenvalue weighted by Gasteiger charge is -2.46. The first-order valence-corrected chi connectivity index (χ1v) is 12.0. The second kappa shape index (κ2) is 9.05. The molecule has 2 aromatic carbocycles. The van der Waals surface area contributed by atoms with E-state index < -0.39 is 0 Å². The van der Waals surface area contributed by atoms with Crippen LogP contribution in [0.25, 0.3) is 11.4 Å². The number of rotatable bonds is 5. The van der Waals surface area contributed by atoms with Crippen molar-refractivity contribution in [3.8, 4) is 11.4 Å². The molecule has 0 bridgehead atoms. The molecule has 7 heteroatoms. The molecule has 2 fully saturated rings. The van der Waals surface area contributed by atoms with Crippen molar-refractivity contribution in [1.29, 1.82) is 0 Å². The van der Waals surface area contributed by atoms with E-state index in [4.69, 9.17) is 4.52 Å². The quantitative estimate of drug-likeness (QED) is 0.526. The third kappa shape index (κ3) is 4.22. The van der Waals surface area contributed by atoms with Crippen LogP contribution in [0, 0.1) is 26.7 Å². The molecule has 5 rings (SSSR count). The minimum atomic E-state index is -0.278. The van der Waals surface area contributed by atoms with Gasteiger partial charge in [-0.3, -0.25) is 9.69 Å². The molecule has 1 aromatic heterocycles. The number of aryl methyl sites for hydroxylation is 3. The number of carbonyl (C=O) groups is 2. The van der Waals surface area contributed by atoms with Crippen LogP contribution >= 0.6 is 0 Å². The van der Waals surface area contributed by atoms with Gasteiger partial charge in [0.25, 0.3) is 0 Å². The number of benzene rings is 2. The summed E-state index contributed by atoms with van der Waals surface area (Å²) in [6, 6.07) is 13.6. The second-order valence-corrected chi connectivity index (χ2v) is 9.59. The third-order valence-electron chi connectivity index (χ3n) is 7.19. The Labute approximate surface area is 199 Å². The maximum absolute atomic E-state index is 13.6. The van der Waals surface area contributed by atoms with Gasteiger partial charge < -0.3 is 9.42 Å². The van der Waals surface area contributed by atoms with Gasteiger partial charge in [-0.2, -0.15) is 4.98 Å². The van der Waals surface area contributed by atoms with Crippen molar-refractivity contribution >= 4 is 11.9 Å². The molecule has 0 radical (unpaired) electrons. The molecule has 3 amide bonds. The number of carbonyl (C=O) groups excluding carboxylic acids is 2. The molecule has 34 heavy (non-hydrogen) atoms. The van der Waals surface area contributed by atoms with Crippen LogP contribution in [0.2, 0.25) is 0 Å². The summed E-state index contributed by atoms with van der Waals surface area (Å²) in [6.45, 7) is 6.61. The van der Waals surface area contributed by atoms with E-state index in [9.17, 15) is 9.59 Å². The summed E-state index contributed by atoms with van der Waals surface area (Å²) < 4.78 is 5.56. The molecule has 1 aliphatic carbocycles. The number of hydrogen-bond acceptors (Lipinski definition) is 5. The molecule has 2 atom stereocenters. The van der Waals surface area contributed by atoms with Crippen LogP contribution in [0.5, 0.6) is 0 Å². The van der Waals surface area contributed by atoms with E-state index in [0.29, 0.717) is 11.7 Å². The van der Waals surface area contributed by atoms with E-state index in [2.05, 4.69) is 24.0 Å². The number of fused-ring (bicyclic) bond motifs is 1. The molecule has 2 heterocycles. The first-order valence-electron chi connectivity index (χ1n) is 12.0.